The van der Waals surface area contributed by atoms with Crippen molar-refractivity contribution >= 4 is 17.1 Å². The van der Waals surface area contributed by atoms with E-state index in [0.717, 1.165) is 11.6 Å². The molecule has 0 unspecified atom stereocenters. The van der Waals surface area contributed by atoms with Gasteiger partial charge in [0.1, 0.15) is 5.69 Å². The van der Waals surface area contributed by atoms with Crippen molar-refractivity contribution in [2.24, 2.45) is 5.92 Å². The summed E-state index contributed by atoms with van der Waals surface area (Å²) in [5.41, 5.74) is 1.00. The van der Waals surface area contributed by atoms with Gasteiger partial charge in [-0.25, -0.2) is 0 Å². The van der Waals surface area contributed by atoms with Gasteiger partial charge in [0.2, 0.25) is 0 Å². The van der Waals surface area contributed by atoms with Gasteiger partial charge in [0.25, 0.3) is 11.4 Å². The molecule has 0 spiro atoms. The molecule has 7 heteroatoms. The Morgan fingerprint density at radius 3 is 2.30 bits per heavy atom. The number of non-ortho nitro benzene ring substituents is 1. The Bertz CT molecular complexity index is 763. The molecule has 1 fully saturated rings. The molecule has 0 N–H and O–H groups in total. The molecule has 118 valence electrons. The number of hydrogen-bond donors (Lipinski definition) is 0. The topological polar surface area (TPSA) is 89.5 Å². The zero-order chi connectivity index (χ0) is 16.6. The Balaban J connectivity index is 2.01. The van der Waals surface area contributed by atoms with E-state index in [0.29, 0.717) is 18.2 Å². The summed E-state index contributed by atoms with van der Waals surface area (Å²) < 4.78 is 0. The van der Waals surface area contributed by atoms with Crippen molar-refractivity contribution in [2.45, 2.75) is 13.0 Å². The fourth-order valence-electron chi connectivity index (χ4n) is 3.11. The molecule has 2 aromatic rings. The first-order valence-electron chi connectivity index (χ1n) is 7.23. The molecule has 1 aliphatic heterocycles. The molecule has 2 aromatic carbocycles. The number of benzene rings is 2. The van der Waals surface area contributed by atoms with Gasteiger partial charge in [-0.2, -0.15) is 0 Å². The van der Waals surface area contributed by atoms with Crippen LogP contribution < -0.4 is 4.90 Å². The Labute approximate surface area is 132 Å². The number of anilines is 1. The second-order valence-corrected chi connectivity index (χ2v) is 5.67. The molecule has 0 aliphatic carbocycles. The van der Waals surface area contributed by atoms with Gasteiger partial charge in [-0.1, -0.05) is 37.3 Å². The van der Waals surface area contributed by atoms with Crippen LogP contribution in [0.2, 0.25) is 0 Å². The Morgan fingerprint density at radius 2 is 1.74 bits per heavy atom. The van der Waals surface area contributed by atoms with Gasteiger partial charge in [0.05, 0.1) is 22.0 Å². The maximum atomic E-state index is 11.3. The zero-order valence-corrected chi connectivity index (χ0v) is 12.5. The van der Waals surface area contributed by atoms with E-state index in [-0.39, 0.29) is 17.4 Å². The SMILES string of the molecule is C[C@H]1CN(c2ccc([N+](=O)[O-])cc2[N+](=O)[O-])[C@@H]1c1ccccc1. The fourth-order valence-corrected chi connectivity index (χ4v) is 3.11. The van der Waals surface area contributed by atoms with E-state index in [2.05, 4.69) is 6.92 Å². The van der Waals surface area contributed by atoms with Crippen LogP contribution in [0.3, 0.4) is 0 Å². The van der Waals surface area contributed by atoms with Crippen LogP contribution in [0.1, 0.15) is 18.5 Å². The van der Waals surface area contributed by atoms with Gasteiger partial charge in [-0.3, -0.25) is 20.2 Å². The van der Waals surface area contributed by atoms with Crippen LogP contribution in [-0.4, -0.2) is 16.4 Å². The van der Waals surface area contributed by atoms with E-state index in [1.165, 1.54) is 12.1 Å². The van der Waals surface area contributed by atoms with E-state index in [9.17, 15) is 20.2 Å². The molecule has 23 heavy (non-hydrogen) atoms. The number of nitro benzene ring substituents is 2. The molecule has 7 nitrogen and oxygen atoms in total. The molecule has 0 aromatic heterocycles. The van der Waals surface area contributed by atoms with Crippen LogP contribution in [0, 0.1) is 26.1 Å². The lowest BCUT2D eigenvalue weighted by Crippen LogP contribution is -2.48. The minimum absolute atomic E-state index is 0.0383. The first-order valence-corrected chi connectivity index (χ1v) is 7.23. The molecule has 0 bridgehead atoms. The van der Waals surface area contributed by atoms with Crippen molar-refractivity contribution in [1.82, 2.24) is 0 Å². The van der Waals surface area contributed by atoms with E-state index < -0.39 is 9.85 Å². The summed E-state index contributed by atoms with van der Waals surface area (Å²) in [6, 6.07) is 13.6. The summed E-state index contributed by atoms with van der Waals surface area (Å²) in [5.74, 6) is 0.354. The normalized spacial score (nSPS) is 20.0. The quantitative estimate of drug-likeness (QED) is 0.634. The lowest BCUT2D eigenvalue weighted by molar-refractivity contribution is -0.393. The largest absolute Gasteiger partial charge is 0.358 e. The molecular formula is C16H15N3O4. The van der Waals surface area contributed by atoms with Gasteiger partial charge < -0.3 is 4.90 Å². The summed E-state index contributed by atoms with van der Waals surface area (Å²) in [5, 5.41) is 22.2. The van der Waals surface area contributed by atoms with Crippen LogP contribution in [0.15, 0.2) is 48.5 Å². The predicted molar refractivity (Wildman–Crippen MR) is 85.4 cm³/mol. The maximum Gasteiger partial charge on any atom is 0.299 e. The van der Waals surface area contributed by atoms with Crippen molar-refractivity contribution in [3.63, 3.8) is 0 Å². The van der Waals surface area contributed by atoms with Crippen LogP contribution in [0.25, 0.3) is 0 Å². The minimum Gasteiger partial charge on any atom is -0.358 e. The van der Waals surface area contributed by atoms with Crippen molar-refractivity contribution in [1.29, 1.82) is 0 Å². The average molecular weight is 313 g/mol. The van der Waals surface area contributed by atoms with Crippen LogP contribution in [0.4, 0.5) is 17.1 Å². The van der Waals surface area contributed by atoms with Gasteiger partial charge in [-0.15, -0.1) is 0 Å². The molecule has 2 atom stereocenters. The molecular weight excluding hydrogens is 298 g/mol. The van der Waals surface area contributed by atoms with Gasteiger partial charge in [-0.05, 0) is 17.5 Å². The third-order valence-corrected chi connectivity index (χ3v) is 4.18. The molecule has 3 rings (SSSR count). The summed E-state index contributed by atoms with van der Waals surface area (Å²) >= 11 is 0. The standard InChI is InChI=1S/C16H15N3O4/c1-11-10-17(16(11)12-5-3-2-4-6-12)14-8-7-13(18(20)21)9-15(14)19(22)23/h2-9,11,16H,10H2,1H3/t11-,16-/m0/s1. The second-order valence-electron chi connectivity index (χ2n) is 5.67. The lowest BCUT2D eigenvalue weighted by atomic mass is 9.84. The van der Waals surface area contributed by atoms with Crippen molar-refractivity contribution in [3.05, 3.63) is 74.3 Å². The lowest BCUT2D eigenvalue weighted by Gasteiger charge is -2.48. The monoisotopic (exact) mass is 313 g/mol. The highest BCUT2D eigenvalue weighted by Crippen LogP contribution is 2.45. The van der Waals surface area contributed by atoms with Crippen molar-refractivity contribution in [3.8, 4) is 0 Å². The second kappa shape index (κ2) is 5.68. The smallest absolute Gasteiger partial charge is 0.299 e. The summed E-state index contributed by atoms with van der Waals surface area (Å²) in [6.45, 7) is 2.77. The highest BCUT2D eigenvalue weighted by Gasteiger charge is 2.40. The molecule has 1 aliphatic rings. The van der Waals surface area contributed by atoms with E-state index in [4.69, 9.17) is 0 Å². The van der Waals surface area contributed by atoms with Crippen molar-refractivity contribution in [2.75, 3.05) is 11.4 Å². The first kappa shape index (κ1) is 15.0. The molecule has 0 amide bonds. The van der Waals surface area contributed by atoms with E-state index in [1.807, 2.05) is 35.2 Å². The van der Waals surface area contributed by atoms with Crippen LogP contribution >= 0.6 is 0 Å². The molecule has 1 heterocycles. The van der Waals surface area contributed by atoms with Crippen molar-refractivity contribution < 1.29 is 9.85 Å². The third-order valence-electron chi connectivity index (χ3n) is 4.18. The molecule has 0 saturated carbocycles. The highest BCUT2D eigenvalue weighted by molar-refractivity contribution is 5.69. The Morgan fingerprint density at radius 1 is 1.04 bits per heavy atom. The number of nitrogens with zero attached hydrogens (tertiary/aromatic N) is 3. The third kappa shape index (κ3) is 2.61. The summed E-state index contributed by atoms with van der Waals surface area (Å²) in [7, 11) is 0. The van der Waals surface area contributed by atoms with E-state index >= 15 is 0 Å². The first-order chi connectivity index (χ1) is 11.0. The summed E-state index contributed by atoms with van der Waals surface area (Å²) in [4.78, 5) is 22.9. The van der Waals surface area contributed by atoms with Gasteiger partial charge >= 0.3 is 0 Å². The minimum atomic E-state index is -0.621. The Kier molecular flexibility index (Phi) is 3.69. The Hall–Kier alpha value is -2.96. The van der Waals surface area contributed by atoms with Gasteiger partial charge in [0.15, 0.2) is 0 Å². The maximum absolute atomic E-state index is 11.3. The predicted octanol–water partition coefficient (Wildman–Crippen LogP) is 3.70. The van der Waals surface area contributed by atoms with Crippen LogP contribution in [0.5, 0.6) is 0 Å². The fraction of sp³-hybridized carbons (Fsp3) is 0.250. The number of rotatable bonds is 4. The summed E-state index contributed by atoms with van der Waals surface area (Å²) in [6.07, 6.45) is 0. The molecule has 1 saturated heterocycles. The highest BCUT2D eigenvalue weighted by atomic mass is 16.6. The average Bonchev–Trinajstić information content (AvgIpc) is 2.52. The van der Waals surface area contributed by atoms with Gasteiger partial charge in [0, 0.05) is 12.6 Å². The number of hydrogen-bond acceptors (Lipinski definition) is 5. The van der Waals surface area contributed by atoms with Crippen LogP contribution in [-0.2, 0) is 0 Å². The van der Waals surface area contributed by atoms with E-state index in [1.54, 1.807) is 0 Å². The zero-order valence-electron chi connectivity index (χ0n) is 12.5. The number of nitro groups is 2. The molecule has 0 radical (unpaired) electrons.